The molecule has 0 N–H and O–H groups in total. The van der Waals surface area contributed by atoms with Gasteiger partial charge in [-0.15, -0.1) is 0 Å². The molecule has 0 saturated heterocycles. The topological polar surface area (TPSA) is 35.0 Å². The van der Waals surface area contributed by atoms with Crippen LogP contribution in [0.3, 0.4) is 0 Å². The molecule has 0 atom stereocenters. The Morgan fingerprint density at radius 1 is 1.05 bits per heavy atom. The Labute approximate surface area is 140 Å². The smallest absolute Gasteiger partial charge is 0.165 e. The highest BCUT2D eigenvalue weighted by molar-refractivity contribution is 9.10. The first-order valence-electron chi connectivity index (χ1n) is 6.05. The van der Waals surface area contributed by atoms with Crippen molar-refractivity contribution >= 4 is 50.0 Å². The molecule has 0 amide bonds. The first kappa shape index (κ1) is 14.6. The van der Waals surface area contributed by atoms with E-state index in [2.05, 4.69) is 25.9 Å². The van der Waals surface area contributed by atoms with Gasteiger partial charge in [-0.25, -0.2) is 9.97 Å². The third kappa shape index (κ3) is 2.84. The summed E-state index contributed by atoms with van der Waals surface area (Å²) >= 11 is 15.7. The number of nitrogens with zero attached hydrogens (tertiary/aromatic N) is 2. The van der Waals surface area contributed by atoms with Crippen LogP contribution in [0, 0.1) is 0 Å². The third-order valence-corrected chi connectivity index (χ3v) is 4.03. The minimum Gasteiger partial charge on any atom is -0.496 e. The van der Waals surface area contributed by atoms with Crippen LogP contribution in [0.15, 0.2) is 40.9 Å². The molecule has 3 rings (SSSR count). The SMILES string of the molecule is COc1cc(Cl)ccc1-c1nc(Cl)c2ccc(Br)cc2n1. The maximum atomic E-state index is 6.26. The number of halogens is 3. The van der Waals surface area contributed by atoms with Crippen molar-refractivity contribution in [1.29, 1.82) is 0 Å². The summed E-state index contributed by atoms with van der Waals surface area (Å²) in [6.45, 7) is 0. The molecule has 1 aromatic heterocycles. The van der Waals surface area contributed by atoms with Crippen molar-refractivity contribution in [3.63, 3.8) is 0 Å². The number of hydrogen-bond acceptors (Lipinski definition) is 3. The predicted molar refractivity (Wildman–Crippen MR) is 89.2 cm³/mol. The van der Waals surface area contributed by atoms with E-state index in [-0.39, 0.29) is 0 Å². The van der Waals surface area contributed by atoms with Crippen LogP contribution < -0.4 is 4.74 Å². The van der Waals surface area contributed by atoms with E-state index in [1.54, 1.807) is 19.2 Å². The largest absolute Gasteiger partial charge is 0.496 e. The van der Waals surface area contributed by atoms with Crippen molar-refractivity contribution in [3.8, 4) is 17.1 Å². The van der Waals surface area contributed by atoms with Gasteiger partial charge >= 0.3 is 0 Å². The minimum atomic E-state index is 0.402. The van der Waals surface area contributed by atoms with E-state index >= 15 is 0 Å². The normalized spacial score (nSPS) is 10.9. The molecule has 3 nitrogen and oxygen atoms in total. The maximum Gasteiger partial charge on any atom is 0.165 e. The Kier molecular flexibility index (Phi) is 4.02. The molecule has 6 heteroatoms. The van der Waals surface area contributed by atoms with Crippen molar-refractivity contribution < 1.29 is 4.74 Å². The molecule has 21 heavy (non-hydrogen) atoms. The van der Waals surface area contributed by atoms with Crippen LogP contribution in [0.1, 0.15) is 0 Å². The van der Waals surface area contributed by atoms with Crippen LogP contribution >= 0.6 is 39.1 Å². The second-order valence-corrected chi connectivity index (χ2v) is 6.05. The van der Waals surface area contributed by atoms with Crippen molar-refractivity contribution in [1.82, 2.24) is 9.97 Å². The van der Waals surface area contributed by atoms with Crippen LogP contribution in [0.25, 0.3) is 22.3 Å². The van der Waals surface area contributed by atoms with Gasteiger partial charge in [0.15, 0.2) is 5.82 Å². The Bertz CT molecular complexity index is 839. The van der Waals surface area contributed by atoms with Crippen LogP contribution in [-0.4, -0.2) is 17.1 Å². The van der Waals surface area contributed by atoms with E-state index in [0.717, 1.165) is 20.9 Å². The van der Waals surface area contributed by atoms with Gasteiger partial charge in [0, 0.05) is 14.9 Å². The number of methoxy groups -OCH3 is 1. The molecule has 3 aromatic rings. The number of rotatable bonds is 2. The monoisotopic (exact) mass is 382 g/mol. The molecular formula is C15H9BrCl2N2O. The number of ether oxygens (including phenoxy) is 1. The molecule has 0 unspecified atom stereocenters. The molecule has 0 spiro atoms. The van der Waals surface area contributed by atoms with Crippen LogP contribution in [-0.2, 0) is 0 Å². The molecule has 106 valence electrons. The van der Waals surface area contributed by atoms with Crippen molar-refractivity contribution in [2.24, 2.45) is 0 Å². The molecule has 0 radical (unpaired) electrons. The second kappa shape index (κ2) is 5.79. The van der Waals surface area contributed by atoms with Crippen LogP contribution in [0.2, 0.25) is 10.2 Å². The molecule has 1 heterocycles. The average Bonchev–Trinajstić information content (AvgIpc) is 2.46. The van der Waals surface area contributed by atoms with E-state index in [4.69, 9.17) is 27.9 Å². The lowest BCUT2D eigenvalue weighted by atomic mass is 10.1. The van der Waals surface area contributed by atoms with E-state index in [1.165, 1.54) is 0 Å². The highest BCUT2D eigenvalue weighted by Crippen LogP contribution is 2.33. The lowest BCUT2D eigenvalue weighted by Crippen LogP contribution is -1.95. The maximum absolute atomic E-state index is 6.26. The Morgan fingerprint density at radius 2 is 1.86 bits per heavy atom. The standard InChI is InChI=1S/C15H9BrCl2N2O/c1-21-13-7-9(17)3-5-11(13)15-19-12-6-8(16)2-4-10(12)14(18)20-15/h2-7H,1H3. The van der Waals surface area contributed by atoms with Crippen LogP contribution in [0.5, 0.6) is 5.75 Å². The van der Waals surface area contributed by atoms with Crippen molar-refractivity contribution in [3.05, 3.63) is 51.0 Å². The molecule has 0 aliphatic carbocycles. The van der Waals surface area contributed by atoms with Crippen molar-refractivity contribution in [2.75, 3.05) is 7.11 Å². The number of benzene rings is 2. The Hall–Kier alpha value is -1.36. The number of hydrogen-bond donors (Lipinski definition) is 0. The highest BCUT2D eigenvalue weighted by Gasteiger charge is 2.13. The lowest BCUT2D eigenvalue weighted by molar-refractivity contribution is 0.416. The van der Waals surface area contributed by atoms with Gasteiger partial charge in [-0.2, -0.15) is 0 Å². The van der Waals surface area contributed by atoms with E-state index in [1.807, 2.05) is 24.3 Å². The van der Waals surface area contributed by atoms with Gasteiger partial charge in [-0.1, -0.05) is 39.1 Å². The van der Waals surface area contributed by atoms with Gasteiger partial charge in [0.1, 0.15) is 10.9 Å². The van der Waals surface area contributed by atoms with Gasteiger partial charge in [-0.05, 0) is 36.4 Å². The molecule has 0 fully saturated rings. The fourth-order valence-corrected chi connectivity index (χ4v) is 2.79. The molecule has 0 saturated carbocycles. The number of aromatic nitrogens is 2. The molecular weight excluding hydrogens is 375 g/mol. The summed E-state index contributed by atoms with van der Waals surface area (Å²) < 4.78 is 6.27. The number of fused-ring (bicyclic) bond motifs is 1. The summed E-state index contributed by atoms with van der Waals surface area (Å²) in [5.74, 6) is 1.10. The summed E-state index contributed by atoms with van der Waals surface area (Å²) in [5.41, 5.74) is 1.50. The summed E-state index contributed by atoms with van der Waals surface area (Å²) in [7, 11) is 1.58. The van der Waals surface area contributed by atoms with E-state index in [9.17, 15) is 0 Å². The van der Waals surface area contributed by atoms with Gasteiger partial charge in [0.2, 0.25) is 0 Å². The third-order valence-electron chi connectivity index (χ3n) is 3.02. The summed E-state index contributed by atoms with van der Waals surface area (Å²) in [6, 6.07) is 11.0. The van der Waals surface area contributed by atoms with Gasteiger partial charge in [0.25, 0.3) is 0 Å². The fraction of sp³-hybridized carbons (Fsp3) is 0.0667. The predicted octanol–water partition coefficient (Wildman–Crippen LogP) is 5.37. The average molecular weight is 384 g/mol. The molecule has 0 aliphatic heterocycles. The zero-order valence-corrected chi connectivity index (χ0v) is 14.0. The zero-order chi connectivity index (χ0) is 15.0. The fourth-order valence-electron chi connectivity index (χ4n) is 2.03. The molecule has 0 aliphatic rings. The van der Waals surface area contributed by atoms with Crippen LogP contribution in [0.4, 0.5) is 0 Å². The molecule has 2 aromatic carbocycles. The Balaban J connectivity index is 2.25. The van der Waals surface area contributed by atoms with E-state index in [0.29, 0.717) is 21.7 Å². The van der Waals surface area contributed by atoms with Gasteiger partial charge in [-0.3, -0.25) is 0 Å². The molecule has 0 bridgehead atoms. The second-order valence-electron chi connectivity index (χ2n) is 4.34. The minimum absolute atomic E-state index is 0.402. The highest BCUT2D eigenvalue weighted by atomic mass is 79.9. The summed E-state index contributed by atoms with van der Waals surface area (Å²) in [4.78, 5) is 8.91. The quantitative estimate of drug-likeness (QED) is 0.557. The summed E-state index contributed by atoms with van der Waals surface area (Å²) in [6.07, 6.45) is 0. The van der Waals surface area contributed by atoms with E-state index < -0.39 is 0 Å². The summed E-state index contributed by atoms with van der Waals surface area (Å²) in [5, 5.41) is 1.79. The first-order chi connectivity index (χ1) is 10.1. The lowest BCUT2D eigenvalue weighted by Gasteiger charge is -2.09. The van der Waals surface area contributed by atoms with Gasteiger partial charge in [0.05, 0.1) is 18.2 Å². The van der Waals surface area contributed by atoms with Gasteiger partial charge < -0.3 is 4.74 Å². The van der Waals surface area contributed by atoms with Crippen molar-refractivity contribution in [2.45, 2.75) is 0 Å². The zero-order valence-electron chi connectivity index (χ0n) is 10.9. The Morgan fingerprint density at radius 3 is 2.62 bits per heavy atom. The first-order valence-corrected chi connectivity index (χ1v) is 7.60.